The van der Waals surface area contributed by atoms with Crippen molar-refractivity contribution in [1.82, 2.24) is 0 Å². The monoisotopic (exact) mass is 884 g/mol. The van der Waals surface area contributed by atoms with Gasteiger partial charge in [-0.25, -0.2) is 0 Å². The molecule has 0 aliphatic heterocycles. The van der Waals surface area contributed by atoms with Crippen LogP contribution in [0.25, 0.3) is 150 Å². The Kier molecular flexibility index (Phi) is 7.88. The fraction of sp³-hybridized carbons (Fsp3) is 0. The molecule has 67 heavy (non-hydrogen) atoms. The molecule has 3 heterocycles. The molecule has 15 aromatic rings. The molecule has 0 saturated carbocycles. The highest BCUT2D eigenvalue weighted by atomic mass is 32.1. The minimum atomic E-state index is 0.884. The van der Waals surface area contributed by atoms with Gasteiger partial charge in [0.05, 0.1) is 0 Å². The third-order valence-corrected chi connectivity index (χ3v) is 16.5. The van der Waals surface area contributed by atoms with Gasteiger partial charge in [-0.05, 0) is 113 Å². The van der Waals surface area contributed by atoms with E-state index in [4.69, 9.17) is 4.42 Å². The Balaban J connectivity index is 0.928. The van der Waals surface area contributed by atoms with Crippen LogP contribution in [0.3, 0.4) is 0 Å². The van der Waals surface area contributed by atoms with E-state index in [0.717, 1.165) is 27.5 Å². The Hall–Kier alpha value is -8.08. The van der Waals surface area contributed by atoms with Gasteiger partial charge >= 0.3 is 0 Å². The predicted molar refractivity (Wildman–Crippen MR) is 291 cm³/mol. The summed E-state index contributed by atoms with van der Waals surface area (Å²) in [6.07, 6.45) is 0. The Labute approximate surface area is 393 Å². The first-order valence-electron chi connectivity index (χ1n) is 22.9. The highest BCUT2D eigenvalue weighted by molar-refractivity contribution is 7.26. The summed E-state index contributed by atoms with van der Waals surface area (Å²) in [5.74, 6) is 0. The molecule has 0 unspecified atom stereocenters. The number of benzene rings is 12. The van der Waals surface area contributed by atoms with Gasteiger partial charge < -0.3 is 4.42 Å². The molecule has 3 heteroatoms. The average Bonchev–Trinajstić information content (AvgIpc) is 4.08. The number of furan rings is 1. The lowest BCUT2D eigenvalue weighted by Crippen LogP contribution is -1.91. The van der Waals surface area contributed by atoms with Crippen molar-refractivity contribution in [3.8, 4) is 44.5 Å². The maximum atomic E-state index is 7.03. The zero-order valence-electron chi connectivity index (χ0n) is 36.0. The van der Waals surface area contributed by atoms with Crippen LogP contribution in [-0.4, -0.2) is 0 Å². The normalized spacial score (nSPS) is 12.2. The van der Waals surface area contributed by atoms with E-state index in [1.165, 1.54) is 122 Å². The Morgan fingerprint density at radius 1 is 0.239 bits per heavy atom. The van der Waals surface area contributed by atoms with Crippen molar-refractivity contribution in [2.45, 2.75) is 0 Å². The van der Waals surface area contributed by atoms with E-state index in [9.17, 15) is 0 Å². The van der Waals surface area contributed by atoms with Crippen LogP contribution in [-0.2, 0) is 0 Å². The topological polar surface area (TPSA) is 13.1 Å². The molecule has 0 fully saturated rings. The van der Waals surface area contributed by atoms with Crippen LogP contribution in [0.2, 0.25) is 0 Å². The van der Waals surface area contributed by atoms with E-state index in [1.54, 1.807) is 0 Å². The molecule has 0 amide bonds. The summed E-state index contributed by atoms with van der Waals surface area (Å²) in [6.45, 7) is 0. The van der Waals surface area contributed by atoms with Crippen molar-refractivity contribution in [2.75, 3.05) is 0 Å². The molecule has 0 N–H and O–H groups in total. The fourth-order valence-corrected chi connectivity index (χ4v) is 13.7. The summed E-state index contributed by atoms with van der Waals surface area (Å²) in [4.78, 5) is 0. The fourth-order valence-electron chi connectivity index (χ4n) is 11.4. The van der Waals surface area contributed by atoms with Gasteiger partial charge in [-0.15, -0.1) is 22.7 Å². The first-order chi connectivity index (χ1) is 33.2. The molecule has 310 valence electrons. The lowest BCUT2D eigenvalue weighted by atomic mass is 9.85. The maximum Gasteiger partial charge on any atom is 0.143 e. The van der Waals surface area contributed by atoms with Gasteiger partial charge in [-0.2, -0.15) is 0 Å². The molecule has 0 spiro atoms. The first kappa shape index (κ1) is 37.2. The maximum absolute atomic E-state index is 7.03. The smallest absolute Gasteiger partial charge is 0.143 e. The summed E-state index contributed by atoms with van der Waals surface area (Å²) in [6, 6.07) is 80.9. The number of rotatable bonds is 4. The minimum Gasteiger partial charge on any atom is -0.455 e. The van der Waals surface area contributed by atoms with Crippen molar-refractivity contribution in [2.24, 2.45) is 0 Å². The number of para-hydroxylation sites is 1. The van der Waals surface area contributed by atoms with Crippen LogP contribution in [0.4, 0.5) is 0 Å². The van der Waals surface area contributed by atoms with E-state index in [1.807, 2.05) is 22.7 Å². The zero-order chi connectivity index (χ0) is 43.7. The van der Waals surface area contributed by atoms with Crippen molar-refractivity contribution in [3.05, 3.63) is 218 Å². The van der Waals surface area contributed by atoms with Crippen LogP contribution < -0.4 is 0 Å². The number of thiophene rings is 2. The second-order valence-corrected chi connectivity index (χ2v) is 20.0. The van der Waals surface area contributed by atoms with E-state index in [-0.39, 0.29) is 0 Å². The van der Waals surface area contributed by atoms with Crippen molar-refractivity contribution < 1.29 is 4.42 Å². The van der Waals surface area contributed by atoms with E-state index >= 15 is 0 Å². The zero-order valence-corrected chi connectivity index (χ0v) is 37.6. The molecule has 0 aliphatic carbocycles. The van der Waals surface area contributed by atoms with Gasteiger partial charge in [0.2, 0.25) is 0 Å². The van der Waals surface area contributed by atoms with Crippen LogP contribution in [0.15, 0.2) is 223 Å². The van der Waals surface area contributed by atoms with E-state index in [0.29, 0.717) is 0 Å². The van der Waals surface area contributed by atoms with Gasteiger partial charge in [0.25, 0.3) is 0 Å². The van der Waals surface area contributed by atoms with Crippen molar-refractivity contribution in [1.29, 1.82) is 0 Å². The van der Waals surface area contributed by atoms with E-state index in [2.05, 4.69) is 218 Å². The van der Waals surface area contributed by atoms with Crippen molar-refractivity contribution >= 4 is 128 Å². The molecular formula is C64H36OS2. The van der Waals surface area contributed by atoms with Crippen LogP contribution in [0, 0.1) is 0 Å². The second kappa shape index (κ2) is 14.2. The largest absolute Gasteiger partial charge is 0.455 e. The van der Waals surface area contributed by atoms with Crippen LogP contribution in [0.5, 0.6) is 0 Å². The third kappa shape index (κ3) is 5.41. The number of hydrogen-bond acceptors (Lipinski definition) is 3. The Morgan fingerprint density at radius 3 is 1.06 bits per heavy atom. The van der Waals surface area contributed by atoms with Gasteiger partial charge in [0.15, 0.2) is 0 Å². The first-order valence-corrected chi connectivity index (χ1v) is 24.5. The second-order valence-electron chi connectivity index (χ2n) is 17.8. The van der Waals surface area contributed by atoms with E-state index < -0.39 is 0 Å². The summed E-state index contributed by atoms with van der Waals surface area (Å²) in [7, 11) is 0. The van der Waals surface area contributed by atoms with Gasteiger partial charge in [-0.1, -0.05) is 182 Å². The lowest BCUT2D eigenvalue weighted by molar-refractivity contribution is 0.670. The summed E-state index contributed by atoms with van der Waals surface area (Å²) in [5.41, 5.74) is 11.5. The average molecular weight is 885 g/mol. The standard InChI is InChI=1S/C64H36OS2/c1-3-18-46-44(16-1)60(45-17-2-4-19-47(45)61(46)38-28-31-42-40-14-9-11-26-56(40)66-58(42)35-38)37-30-33-55-54(34-37)52-24-13-25-53(64(52)65-55)63-50-22-7-5-20-48(50)62(49-21-6-8-23-51(49)63)39-29-32-43-41-15-10-12-27-57(41)67-59(43)36-39/h1-36H. The molecule has 12 aromatic carbocycles. The van der Waals surface area contributed by atoms with Crippen LogP contribution in [0.1, 0.15) is 0 Å². The quantitative estimate of drug-likeness (QED) is 0.161. The van der Waals surface area contributed by atoms with Gasteiger partial charge in [0.1, 0.15) is 11.2 Å². The lowest BCUT2D eigenvalue weighted by Gasteiger charge is -2.18. The predicted octanol–water partition coefficient (Wildman–Crippen LogP) is 19.6. The van der Waals surface area contributed by atoms with Gasteiger partial charge in [-0.3, -0.25) is 0 Å². The highest BCUT2D eigenvalue weighted by Crippen LogP contribution is 2.50. The molecule has 0 aliphatic rings. The summed E-state index contributed by atoms with van der Waals surface area (Å²) < 4.78 is 12.3. The summed E-state index contributed by atoms with van der Waals surface area (Å²) >= 11 is 3.75. The highest BCUT2D eigenvalue weighted by Gasteiger charge is 2.23. The molecule has 0 radical (unpaired) electrons. The SMILES string of the molecule is c1ccc2c(c1)sc1cc(-c3c4ccccc4c(-c4ccc5oc6c(-c7c8ccccc8c(-c8ccc9c(c8)sc8ccccc89)c8ccccc78)cccc6c5c4)c4ccccc34)ccc12. The molecule has 0 saturated heterocycles. The molecule has 0 atom stereocenters. The summed E-state index contributed by atoms with van der Waals surface area (Å²) in [5, 5.41) is 17.4. The number of fused-ring (bicyclic) bond motifs is 13. The number of hydrogen-bond donors (Lipinski definition) is 0. The Morgan fingerprint density at radius 2 is 0.597 bits per heavy atom. The van der Waals surface area contributed by atoms with Gasteiger partial charge in [0, 0.05) is 62.2 Å². The Bertz CT molecular complexity index is 4470. The molecular weight excluding hydrogens is 849 g/mol. The molecule has 15 rings (SSSR count). The van der Waals surface area contributed by atoms with Crippen molar-refractivity contribution in [3.63, 3.8) is 0 Å². The molecule has 1 nitrogen and oxygen atoms in total. The van der Waals surface area contributed by atoms with Crippen LogP contribution >= 0.6 is 22.7 Å². The molecule has 0 bridgehead atoms. The third-order valence-electron chi connectivity index (χ3n) is 14.3. The molecule has 3 aromatic heterocycles. The minimum absolute atomic E-state index is 0.884.